The lowest BCUT2D eigenvalue weighted by atomic mass is 9.68. The molecule has 0 N–H and O–H groups in total. The molecule has 27 heavy (non-hydrogen) atoms. The van der Waals surface area contributed by atoms with E-state index in [2.05, 4.69) is 6.92 Å². The minimum absolute atomic E-state index is 0.407. The maximum Gasteiger partial charge on any atom is 0.400 e. The molecule has 152 valence electrons. The normalized spacial score (nSPS) is 29.5. The Morgan fingerprint density at radius 3 is 1.89 bits per heavy atom. The molecule has 2 saturated carbocycles. The fourth-order valence-electron chi connectivity index (χ4n) is 5.11. The molecule has 0 amide bonds. The van der Waals surface area contributed by atoms with Crippen molar-refractivity contribution >= 4 is 0 Å². The van der Waals surface area contributed by atoms with E-state index in [1.54, 1.807) is 0 Å². The summed E-state index contributed by atoms with van der Waals surface area (Å²) in [6, 6.07) is 2.25. The van der Waals surface area contributed by atoms with Crippen molar-refractivity contribution in [3.8, 4) is 5.75 Å². The van der Waals surface area contributed by atoms with Gasteiger partial charge in [0.25, 0.3) is 0 Å². The van der Waals surface area contributed by atoms with Crippen LogP contribution in [0.25, 0.3) is 0 Å². The highest BCUT2D eigenvalue weighted by molar-refractivity contribution is 5.24. The average molecular weight is 386 g/mol. The summed E-state index contributed by atoms with van der Waals surface area (Å²) >= 11 is 0. The summed E-state index contributed by atoms with van der Waals surface area (Å²) in [4.78, 5) is 0. The van der Waals surface area contributed by atoms with Crippen molar-refractivity contribution in [2.75, 3.05) is 0 Å². The van der Waals surface area contributed by atoms with Crippen molar-refractivity contribution in [1.82, 2.24) is 0 Å². The second-order valence-corrected chi connectivity index (χ2v) is 8.45. The number of hydrogen-bond donors (Lipinski definition) is 0. The van der Waals surface area contributed by atoms with E-state index >= 15 is 0 Å². The Balaban J connectivity index is 1.50. The minimum atomic E-state index is -3.40. The van der Waals surface area contributed by atoms with Gasteiger partial charge in [0.2, 0.25) is 0 Å². The molecule has 1 aromatic carbocycles. The zero-order chi connectivity index (χ0) is 19.4. The molecule has 0 atom stereocenters. The lowest BCUT2D eigenvalue weighted by molar-refractivity contribution is -0.224. The van der Waals surface area contributed by atoms with Gasteiger partial charge in [-0.1, -0.05) is 32.6 Å². The van der Waals surface area contributed by atoms with Gasteiger partial charge in [-0.2, -0.15) is 8.78 Å². The summed E-state index contributed by atoms with van der Waals surface area (Å²) in [5.74, 6) is -1.11. The van der Waals surface area contributed by atoms with E-state index in [4.69, 9.17) is 4.74 Å². The topological polar surface area (TPSA) is 9.23 Å². The largest absolute Gasteiger partial charge is 0.432 e. The van der Waals surface area contributed by atoms with E-state index in [0.29, 0.717) is 30.7 Å². The van der Waals surface area contributed by atoms with Crippen molar-refractivity contribution in [1.29, 1.82) is 0 Å². The van der Waals surface area contributed by atoms with Crippen molar-refractivity contribution in [3.05, 3.63) is 29.8 Å². The van der Waals surface area contributed by atoms with Gasteiger partial charge in [0.05, 0.1) is 5.92 Å². The third-order valence-electron chi connectivity index (χ3n) is 6.59. The van der Waals surface area contributed by atoms with Gasteiger partial charge in [0.1, 0.15) is 17.4 Å². The first-order chi connectivity index (χ1) is 12.9. The van der Waals surface area contributed by atoms with Crippen LogP contribution in [0.4, 0.5) is 17.6 Å². The molecule has 0 bridgehead atoms. The molecule has 0 radical (unpaired) electrons. The van der Waals surface area contributed by atoms with Crippen LogP contribution in [0.2, 0.25) is 0 Å². The van der Waals surface area contributed by atoms with Crippen LogP contribution < -0.4 is 4.74 Å². The standard InChI is InChI=1S/C22H30F4O/c1-2-3-15-4-6-16(7-5-15)17-8-10-18(11-9-17)22(25,26)27-21-13-19(23)12-20(24)14-21/h12-18H,2-11H2,1H3. The fourth-order valence-corrected chi connectivity index (χ4v) is 5.11. The van der Waals surface area contributed by atoms with Crippen LogP contribution in [0.15, 0.2) is 18.2 Å². The lowest BCUT2D eigenvalue weighted by Crippen LogP contribution is -2.38. The summed E-state index contributed by atoms with van der Waals surface area (Å²) < 4.78 is 60.1. The van der Waals surface area contributed by atoms with Crippen LogP contribution >= 0.6 is 0 Å². The highest BCUT2D eigenvalue weighted by Crippen LogP contribution is 2.45. The third-order valence-corrected chi connectivity index (χ3v) is 6.59. The molecule has 0 saturated heterocycles. The predicted octanol–water partition coefficient (Wildman–Crippen LogP) is 7.35. The SMILES string of the molecule is CCCC1CCC(C2CCC(C(F)(F)Oc3cc(F)cc(F)c3)CC2)CC1. The van der Waals surface area contributed by atoms with E-state index in [-0.39, 0.29) is 0 Å². The number of alkyl halides is 2. The number of ether oxygens (including phenoxy) is 1. The second kappa shape index (κ2) is 8.83. The molecule has 0 unspecified atom stereocenters. The molecule has 2 aliphatic rings. The smallest absolute Gasteiger partial charge is 0.400 e. The number of benzene rings is 1. The highest BCUT2D eigenvalue weighted by Gasteiger charge is 2.45. The highest BCUT2D eigenvalue weighted by atomic mass is 19.3. The molecule has 2 fully saturated rings. The summed E-state index contributed by atoms with van der Waals surface area (Å²) in [6.07, 6.45) is 6.58. The molecule has 0 aromatic heterocycles. The van der Waals surface area contributed by atoms with Gasteiger partial charge in [0, 0.05) is 18.2 Å². The van der Waals surface area contributed by atoms with E-state index in [0.717, 1.165) is 30.9 Å². The molecule has 5 heteroatoms. The van der Waals surface area contributed by atoms with E-state index < -0.39 is 29.4 Å². The van der Waals surface area contributed by atoms with E-state index in [1.807, 2.05) is 0 Å². The summed E-state index contributed by atoms with van der Waals surface area (Å²) in [6.45, 7) is 2.23. The zero-order valence-corrected chi connectivity index (χ0v) is 16.0. The van der Waals surface area contributed by atoms with E-state index in [1.165, 1.54) is 38.5 Å². The molecule has 0 aliphatic heterocycles. The van der Waals surface area contributed by atoms with Crippen LogP contribution in [0.5, 0.6) is 5.75 Å². The number of halogens is 4. The van der Waals surface area contributed by atoms with Crippen molar-refractivity contribution < 1.29 is 22.3 Å². The monoisotopic (exact) mass is 386 g/mol. The average Bonchev–Trinajstić information content (AvgIpc) is 2.61. The first-order valence-corrected chi connectivity index (χ1v) is 10.4. The summed E-state index contributed by atoms with van der Waals surface area (Å²) in [7, 11) is 0. The Hall–Kier alpha value is -1.26. The quantitative estimate of drug-likeness (QED) is 0.464. The maximum atomic E-state index is 14.5. The fraction of sp³-hybridized carbons (Fsp3) is 0.727. The Labute approximate surface area is 159 Å². The van der Waals surface area contributed by atoms with Gasteiger partial charge in [-0.25, -0.2) is 8.78 Å². The predicted molar refractivity (Wildman–Crippen MR) is 97.7 cm³/mol. The van der Waals surface area contributed by atoms with Gasteiger partial charge < -0.3 is 4.74 Å². The van der Waals surface area contributed by atoms with Crippen LogP contribution in [0.1, 0.15) is 71.1 Å². The Bertz CT molecular complexity index is 582. The van der Waals surface area contributed by atoms with Crippen molar-refractivity contribution in [3.63, 3.8) is 0 Å². The maximum absolute atomic E-state index is 14.5. The van der Waals surface area contributed by atoms with Gasteiger partial charge in [-0.15, -0.1) is 0 Å². The molecule has 2 aliphatic carbocycles. The zero-order valence-electron chi connectivity index (χ0n) is 16.0. The first kappa shape index (κ1) is 20.5. The summed E-state index contributed by atoms with van der Waals surface area (Å²) in [5, 5.41) is 0. The summed E-state index contributed by atoms with van der Waals surface area (Å²) in [5.41, 5.74) is 0. The Kier molecular flexibility index (Phi) is 6.69. The van der Waals surface area contributed by atoms with Crippen molar-refractivity contribution in [2.24, 2.45) is 23.7 Å². The van der Waals surface area contributed by atoms with Gasteiger partial charge >= 0.3 is 6.11 Å². The van der Waals surface area contributed by atoms with Crippen LogP contribution in [-0.2, 0) is 0 Å². The molecule has 1 aromatic rings. The van der Waals surface area contributed by atoms with Crippen LogP contribution in [0, 0.1) is 35.3 Å². The van der Waals surface area contributed by atoms with E-state index in [9.17, 15) is 17.6 Å². The second-order valence-electron chi connectivity index (χ2n) is 8.45. The Morgan fingerprint density at radius 1 is 0.852 bits per heavy atom. The molecule has 0 heterocycles. The molecule has 3 rings (SSSR count). The lowest BCUT2D eigenvalue weighted by Gasteiger charge is -2.39. The minimum Gasteiger partial charge on any atom is -0.432 e. The number of hydrogen-bond acceptors (Lipinski definition) is 1. The first-order valence-electron chi connectivity index (χ1n) is 10.4. The molecule has 1 nitrogen and oxygen atoms in total. The van der Waals surface area contributed by atoms with Gasteiger partial charge in [0.15, 0.2) is 0 Å². The third kappa shape index (κ3) is 5.39. The van der Waals surface area contributed by atoms with Crippen LogP contribution in [-0.4, -0.2) is 6.11 Å². The molecular weight excluding hydrogens is 356 g/mol. The van der Waals surface area contributed by atoms with Gasteiger partial charge in [-0.3, -0.25) is 0 Å². The molecular formula is C22H30F4O. The van der Waals surface area contributed by atoms with Crippen molar-refractivity contribution in [2.45, 2.75) is 77.2 Å². The van der Waals surface area contributed by atoms with Crippen LogP contribution in [0.3, 0.4) is 0 Å². The van der Waals surface area contributed by atoms with Gasteiger partial charge in [-0.05, 0) is 56.3 Å². The number of rotatable bonds is 6. The molecule has 0 spiro atoms. The Morgan fingerprint density at radius 2 is 1.37 bits per heavy atom.